The van der Waals surface area contributed by atoms with Crippen molar-refractivity contribution in [2.45, 2.75) is 11.3 Å². The number of nitrogens with zero attached hydrogens (tertiary/aromatic N) is 1. The van der Waals surface area contributed by atoms with Crippen molar-refractivity contribution in [2.75, 3.05) is 16.4 Å². The summed E-state index contributed by atoms with van der Waals surface area (Å²) < 4.78 is 36.4. The lowest BCUT2D eigenvalue weighted by Crippen LogP contribution is -2.37. The van der Waals surface area contributed by atoms with E-state index >= 15 is 0 Å². The molecule has 0 bridgehead atoms. The molecule has 18 heavy (non-hydrogen) atoms. The Kier molecular flexibility index (Phi) is 2.63. The average molecular weight is 286 g/mol. The molecular weight excluding hydrogens is 275 g/mol. The van der Waals surface area contributed by atoms with Gasteiger partial charge in [0.1, 0.15) is 5.82 Å². The molecule has 2 saturated heterocycles. The fraction of sp³-hybridized carbons (Fsp3) is 0.364. The molecule has 0 saturated carbocycles. The molecule has 0 aliphatic carbocycles. The number of halogens is 1. The van der Waals surface area contributed by atoms with E-state index in [2.05, 4.69) is 0 Å². The van der Waals surface area contributed by atoms with Gasteiger partial charge in [0, 0.05) is 10.9 Å². The highest BCUT2D eigenvalue weighted by Crippen LogP contribution is 2.40. The molecule has 7 heteroatoms. The van der Waals surface area contributed by atoms with Crippen LogP contribution in [0.3, 0.4) is 0 Å². The Morgan fingerprint density at radius 2 is 2.17 bits per heavy atom. The van der Waals surface area contributed by atoms with Crippen LogP contribution in [0.1, 0.15) is 0 Å². The summed E-state index contributed by atoms with van der Waals surface area (Å²) in [5.74, 6) is -0.227. The number of hydrogen-bond donors (Lipinski definition) is 1. The highest BCUT2D eigenvalue weighted by molar-refractivity contribution is 8.15. The standard InChI is InChI=1S/C11H11FN2O2S2/c12-7-2-1-3-8(4-7)14-9-5-18(15,16)6-10(9)17-11(14)13/h1-4,9-10,13H,5-6H2/t9-,10-/m1/s1. The average Bonchev–Trinajstić information content (AvgIpc) is 2.68. The van der Waals surface area contributed by atoms with Gasteiger partial charge in [-0.15, -0.1) is 0 Å². The molecule has 4 nitrogen and oxygen atoms in total. The summed E-state index contributed by atoms with van der Waals surface area (Å²) in [5, 5.41) is 8.10. The van der Waals surface area contributed by atoms with E-state index in [9.17, 15) is 12.8 Å². The van der Waals surface area contributed by atoms with Crippen molar-refractivity contribution in [3.63, 3.8) is 0 Å². The van der Waals surface area contributed by atoms with Crippen LogP contribution in [0, 0.1) is 11.2 Å². The van der Waals surface area contributed by atoms with E-state index in [1.807, 2.05) is 0 Å². The van der Waals surface area contributed by atoms with Crippen LogP contribution in [0.25, 0.3) is 0 Å². The summed E-state index contributed by atoms with van der Waals surface area (Å²) in [4.78, 5) is 1.63. The van der Waals surface area contributed by atoms with E-state index < -0.39 is 9.84 Å². The molecule has 0 aromatic heterocycles. The van der Waals surface area contributed by atoms with Gasteiger partial charge in [0.2, 0.25) is 0 Å². The van der Waals surface area contributed by atoms with Crippen LogP contribution in [0.2, 0.25) is 0 Å². The van der Waals surface area contributed by atoms with Gasteiger partial charge in [-0.1, -0.05) is 17.8 Å². The van der Waals surface area contributed by atoms with Gasteiger partial charge in [-0.25, -0.2) is 12.8 Å². The molecule has 2 atom stereocenters. The number of nitrogens with one attached hydrogen (secondary N) is 1. The van der Waals surface area contributed by atoms with Crippen LogP contribution < -0.4 is 4.90 Å². The highest BCUT2D eigenvalue weighted by atomic mass is 32.2. The third-order valence-corrected chi connectivity index (χ3v) is 6.30. The third kappa shape index (κ3) is 1.91. The van der Waals surface area contributed by atoms with Crippen molar-refractivity contribution in [1.29, 1.82) is 5.41 Å². The second kappa shape index (κ2) is 3.96. The Morgan fingerprint density at radius 3 is 2.89 bits per heavy atom. The smallest absolute Gasteiger partial charge is 0.161 e. The first-order valence-corrected chi connectivity index (χ1v) is 8.17. The van der Waals surface area contributed by atoms with E-state index in [1.54, 1.807) is 17.0 Å². The van der Waals surface area contributed by atoms with Crippen molar-refractivity contribution in [2.24, 2.45) is 0 Å². The van der Waals surface area contributed by atoms with Crippen molar-refractivity contribution in [3.8, 4) is 0 Å². The third-order valence-electron chi connectivity index (χ3n) is 3.17. The molecule has 3 rings (SSSR count). The molecule has 1 aromatic carbocycles. The predicted octanol–water partition coefficient (Wildman–Crippen LogP) is 1.48. The number of benzene rings is 1. The molecule has 2 fully saturated rings. The van der Waals surface area contributed by atoms with Gasteiger partial charge in [-0.3, -0.25) is 5.41 Å². The lowest BCUT2D eigenvalue weighted by Gasteiger charge is -2.23. The molecule has 2 heterocycles. The first-order valence-electron chi connectivity index (χ1n) is 5.47. The van der Waals surface area contributed by atoms with Crippen LogP contribution in [-0.2, 0) is 9.84 Å². The van der Waals surface area contributed by atoms with Crippen molar-refractivity contribution in [3.05, 3.63) is 30.1 Å². The Balaban J connectivity index is 1.99. The number of sulfone groups is 1. The Bertz CT molecular complexity index is 617. The summed E-state index contributed by atoms with van der Waals surface area (Å²) in [6.07, 6.45) is 0. The molecule has 1 N–H and O–H groups in total. The quantitative estimate of drug-likeness (QED) is 0.849. The minimum absolute atomic E-state index is 0.0452. The SMILES string of the molecule is N=C1S[C@@H]2CS(=O)(=O)C[C@H]2N1c1cccc(F)c1. The monoisotopic (exact) mass is 286 g/mol. The maximum Gasteiger partial charge on any atom is 0.161 e. The maximum absolute atomic E-state index is 13.2. The number of hydrogen-bond acceptors (Lipinski definition) is 4. The van der Waals surface area contributed by atoms with E-state index in [0.29, 0.717) is 10.9 Å². The summed E-state index contributed by atoms with van der Waals surface area (Å²) in [5.41, 5.74) is 0.553. The van der Waals surface area contributed by atoms with Gasteiger partial charge >= 0.3 is 0 Å². The zero-order valence-corrected chi connectivity index (χ0v) is 11.0. The normalized spacial score (nSPS) is 29.6. The van der Waals surface area contributed by atoms with Gasteiger partial charge in [0.15, 0.2) is 15.0 Å². The molecule has 0 radical (unpaired) electrons. The number of fused-ring (bicyclic) bond motifs is 1. The van der Waals surface area contributed by atoms with Crippen LogP contribution in [0.4, 0.5) is 10.1 Å². The van der Waals surface area contributed by atoms with E-state index in [-0.39, 0.29) is 28.6 Å². The first kappa shape index (κ1) is 12.0. The second-order valence-electron chi connectivity index (χ2n) is 4.46. The Hall–Kier alpha value is -1.08. The number of thioether (sulfide) groups is 1. The number of amidine groups is 1. The van der Waals surface area contributed by atoms with Crippen molar-refractivity contribution in [1.82, 2.24) is 0 Å². The fourth-order valence-electron chi connectivity index (χ4n) is 2.44. The van der Waals surface area contributed by atoms with Crippen LogP contribution in [0.5, 0.6) is 0 Å². The molecule has 1 aromatic rings. The van der Waals surface area contributed by atoms with Crippen LogP contribution in [0.15, 0.2) is 24.3 Å². The fourth-order valence-corrected chi connectivity index (χ4v) is 6.23. The molecule has 2 aliphatic heterocycles. The van der Waals surface area contributed by atoms with Crippen LogP contribution in [-0.4, -0.2) is 36.4 Å². The second-order valence-corrected chi connectivity index (χ2v) is 7.84. The Labute approximate surface area is 109 Å². The van der Waals surface area contributed by atoms with E-state index in [0.717, 1.165) is 0 Å². The molecule has 0 spiro atoms. The highest BCUT2D eigenvalue weighted by Gasteiger charge is 2.48. The zero-order chi connectivity index (χ0) is 12.9. The van der Waals surface area contributed by atoms with Gasteiger partial charge in [0.05, 0.1) is 17.5 Å². The van der Waals surface area contributed by atoms with Gasteiger partial charge < -0.3 is 4.90 Å². The maximum atomic E-state index is 13.2. The molecule has 2 aliphatic rings. The topological polar surface area (TPSA) is 61.2 Å². The number of anilines is 1. The number of rotatable bonds is 1. The summed E-state index contributed by atoms with van der Waals surface area (Å²) in [6.45, 7) is 0. The molecule has 96 valence electrons. The van der Waals surface area contributed by atoms with Gasteiger partial charge in [-0.05, 0) is 18.2 Å². The van der Waals surface area contributed by atoms with Crippen molar-refractivity contribution >= 4 is 32.5 Å². The van der Waals surface area contributed by atoms with Gasteiger partial charge in [0.25, 0.3) is 0 Å². The molecule has 0 amide bonds. The van der Waals surface area contributed by atoms with E-state index in [1.165, 1.54) is 23.9 Å². The molecular formula is C11H11FN2O2S2. The summed E-state index contributed by atoms with van der Waals surface area (Å²) in [6, 6.07) is 5.70. The summed E-state index contributed by atoms with van der Waals surface area (Å²) >= 11 is 1.25. The van der Waals surface area contributed by atoms with Crippen molar-refractivity contribution < 1.29 is 12.8 Å². The summed E-state index contributed by atoms with van der Waals surface area (Å²) in [7, 11) is -3.03. The predicted molar refractivity (Wildman–Crippen MR) is 70.4 cm³/mol. The zero-order valence-electron chi connectivity index (χ0n) is 9.34. The molecule has 0 unspecified atom stereocenters. The largest absolute Gasteiger partial charge is 0.316 e. The minimum atomic E-state index is -3.03. The minimum Gasteiger partial charge on any atom is -0.316 e. The lowest BCUT2D eigenvalue weighted by atomic mass is 10.2. The Morgan fingerprint density at radius 1 is 1.39 bits per heavy atom. The van der Waals surface area contributed by atoms with E-state index in [4.69, 9.17) is 5.41 Å². The first-order chi connectivity index (χ1) is 8.46. The van der Waals surface area contributed by atoms with Gasteiger partial charge in [-0.2, -0.15) is 0 Å². The van der Waals surface area contributed by atoms with Crippen LogP contribution >= 0.6 is 11.8 Å². The lowest BCUT2D eigenvalue weighted by molar-refractivity contribution is 0.601.